The molecule has 0 spiro atoms. The van der Waals surface area contributed by atoms with Gasteiger partial charge in [-0.05, 0) is 50.9 Å². The van der Waals surface area contributed by atoms with E-state index in [1.54, 1.807) is 11.3 Å². The Kier molecular flexibility index (Phi) is 5.63. The summed E-state index contributed by atoms with van der Waals surface area (Å²) in [4.78, 5) is 21.4. The third-order valence-electron chi connectivity index (χ3n) is 4.37. The van der Waals surface area contributed by atoms with Crippen LogP contribution in [0.25, 0.3) is 0 Å². The molecule has 0 N–H and O–H groups in total. The number of amides is 1. The average Bonchev–Trinajstić information content (AvgIpc) is 3.00. The van der Waals surface area contributed by atoms with E-state index in [0.717, 1.165) is 55.3 Å². The van der Waals surface area contributed by atoms with Crippen LogP contribution in [-0.2, 0) is 13.1 Å². The number of aromatic nitrogens is 1. The van der Waals surface area contributed by atoms with E-state index in [0.29, 0.717) is 0 Å². The largest absolute Gasteiger partial charge is 0.339 e. The Morgan fingerprint density at radius 1 is 1.25 bits per heavy atom. The molecule has 2 heterocycles. The van der Waals surface area contributed by atoms with Gasteiger partial charge in [-0.25, -0.2) is 4.98 Å². The molecule has 2 aromatic rings. The number of likely N-dealkylation sites (tertiary alicyclic amines) is 1. The molecule has 0 radical (unpaired) electrons. The van der Waals surface area contributed by atoms with E-state index in [9.17, 15) is 4.79 Å². The van der Waals surface area contributed by atoms with Crippen LogP contribution in [0.1, 0.15) is 45.9 Å². The van der Waals surface area contributed by atoms with E-state index in [-0.39, 0.29) is 5.91 Å². The van der Waals surface area contributed by atoms with Crippen LogP contribution in [0.5, 0.6) is 0 Å². The molecule has 1 aromatic carbocycles. The van der Waals surface area contributed by atoms with Crippen molar-refractivity contribution in [2.24, 2.45) is 0 Å². The van der Waals surface area contributed by atoms with E-state index in [2.05, 4.69) is 28.4 Å². The van der Waals surface area contributed by atoms with Gasteiger partial charge in [-0.3, -0.25) is 9.69 Å². The number of carbonyl (C=O) groups excluding carboxylic acids is 1. The highest BCUT2D eigenvalue weighted by molar-refractivity contribution is 7.09. The first kappa shape index (κ1) is 17.1. The van der Waals surface area contributed by atoms with Crippen LogP contribution in [0.4, 0.5) is 0 Å². The highest BCUT2D eigenvalue weighted by Crippen LogP contribution is 2.16. The maximum atomic E-state index is 12.6. The molecule has 1 amide bonds. The van der Waals surface area contributed by atoms with Gasteiger partial charge < -0.3 is 4.90 Å². The standard InChI is InChI=1S/C19H25N3OS/c1-15-20-18(14-24-15)13-21(2)12-16-7-6-8-17(11-16)19(23)22-9-4-3-5-10-22/h6-8,11,14H,3-5,9-10,12-13H2,1-2H3. The van der Waals surface area contributed by atoms with E-state index < -0.39 is 0 Å². The lowest BCUT2D eigenvalue weighted by Crippen LogP contribution is -2.35. The summed E-state index contributed by atoms with van der Waals surface area (Å²) in [6.45, 7) is 5.47. The maximum Gasteiger partial charge on any atom is 0.253 e. The summed E-state index contributed by atoms with van der Waals surface area (Å²) in [6, 6.07) is 8.06. The first-order valence-electron chi connectivity index (χ1n) is 8.59. The molecule has 1 fully saturated rings. The minimum Gasteiger partial charge on any atom is -0.339 e. The Hall–Kier alpha value is -1.72. The third-order valence-corrected chi connectivity index (χ3v) is 5.19. The van der Waals surface area contributed by atoms with Crippen molar-refractivity contribution in [3.8, 4) is 0 Å². The van der Waals surface area contributed by atoms with Gasteiger partial charge in [-0.15, -0.1) is 11.3 Å². The van der Waals surface area contributed by atoms with E-state index >= 15 is 0 Å². The van der Waals surface area contributed by atoms with Gasteiger partial charge in [0.1, 0.15) is 0 Å². The average molecular weight is 343 g/mol. The number of thiazole rings is 1. The fourth-order valence-electron chi connectivity index (χ4n) is 3.21. The van der Waals surface area contributed by atoms with Crippen molar-refractivity contribution in [1.29, 1.82) is 0 Å². The number of hydrogen-bond acceptors (Lipinski definition) is 4. The molecule has 0 unspecified atom stereocenters. The second-order valence-electron chi connectivity index (χ2n) is 6.58. The van der Waals surface area contributed by atoms with Crippen LogP contribution >= 0.6 is 11.3 Å². The molecular weight excluding hydrogens is 318 g/mol. The van der Waals surface area contributed by atoms with Crippen molar-refractivity contribution in [2.75, 3.05) is 20.1 Å². The van der Waals surface area contributed by atoms with Crippen LogP contribution in [0.3, 0.4) is 0 Å². The first-order chi connectivity index (χ1) is 11.6. The Labute approximate surface area is 148 Å². The monoisotopic (exact) mass is 343 g/mol. The molecule has 1 aromatic heterocycles. The van der Waals surface area contributed by atoms with Crippen molar-refractivity contribution < 1.29 is 4.79 Å². The molecule has 4 nitrogen and oxygen atoms in total. The Balaban J connectivity index is 1.62. The number of rotatable bonds is 5. The van der Waals surface area contributed by atoms with Crippen LogP contribution in [0.2, 0.25) is 0 Å². The number of piperidine rings is 1. The fourth-order valence-corrected chi connectivity index (χ4v) is 3.81. The number of aryl methyl sites for hydroxylation is 1. The summed E-state index contributed by atoms with van der Waals surface area (Å²) < 4.78 is 0. The molecule has 3 rings (SSSR count). The SMILES string of the molecule is Cc1nc(CN(C)Cc2cccc(C(=O)N3CCCCC3)c2)cs1. The fraction of sp³-hybridized carbons (Fsp3) is 0.474. The van der Waals surface area contributed by atoms with Gasteiger partial charge in [-0.1, -0.05) is 12.1 Å². The molecule has 128 valence electrons. The Morgan fingerprint density at radius 2 is 2.04 bits per heavy atom. The topological polar surface area (TPSA) is 36.4 Å². The molecule has 1 saturated heterocycles. The molecule has 5 heteroatoms. The lowest BCUT2D eigenvalue weighted by molar-refractivity contribution is 0.0724. The number of benzene rings is 1. The van der Waals surface area contributed by atoms with Crippen LogP contribution < -0.4 is 0 Å². The van der Waals surface area contributed by atoms with Gasteiger partial charge in [0.15, 0.2) is 0 Å². The normalized spacial score (nSPS) is 15.0. The Morgan fingerprint density at radius 3 is 2.75 bits per heavy atom. The zero-order valence-electron chi connectivity index (χ0n) is 14.5. The zero-order chi connectivity index (χ0) is 16.9. The molecule has 0 atom stereocenters. The van der Waals surface area contributed by atoms with Crippen molar-refractivity contribution in [3.05, 3.63) is 51.5 Å². The second-order valence-corrected chi connectivity index (χ2v) is 7.65. The molecule has 1 aliphatic rings. The molecular formula is C19H25N3OS. The number of hydrogen-bond donors (Lipinski definition) is 0. The van der Waals surface area contributed by atoms with Crippen LogP contribution in [0.15, 0.2) is 29.6 Å². The highest BCUT2D eigenvalue weighted by Gasteiger charge is 2.18. The van der Waals surface area contributed by atoms with Crippen LogP contribution in [0, 0.1) is 6.92 Å². The lowest BCUT2D eigenvalue weighted by Gasteiger charge is -2.27. The lowest BCUT2D eigenvalue weighted by atomic mass is 10.1. The van der Waals surface area contributed by atoms with Crippen LogP contribution in [-0.4, -0.2) is 40.8 Å². The summed E-state index contributed by atoms with van der Waals surface area (Å²) in [7, 11) is 2.09. The molecule has 1 aliphatic heterocycles. The number of nitrogens with zero attached hydrogens (tertiary/aromatic N) is 3. The van der Waals surface area contributed by atoms with Gasteiger partial charge >= 0.3 is 0 Å². The smallest absolute Gasteiger partial charge is 0.253 e. The summed E-state index contributed by atoms with van der Waals surface area (Å²) in [5.74, 6) is 0.175. The molecule has 0 bridgehead atoms. The van der Waals surface area contributed by atoms with Crippen molar-refractivity contribution in [3.63, 3.8) is 0 Å². The van der Waals surface area contributed by atoms with Gasteiger partial charge in [0.25, 0.3) is 5.91 Å². The third kappa shape index (κ3) is 4.42. The molecule has 24 heavy (non-hydrogen) atoms. The van der Waals surface area contributed by atoms with Gasteiger partial charge in [0.2, 0.25) is 0 Å². The van der Waals surface area contributed by atoms with Crippen molar-refractivity contribution in [2.45, 2.75) is 39.3 Å². The summed E-state index contributed by atoms with van der Waals surface area (Å²) >= 11 is 1.69. The highest BCUT2D eigenvalue weighted by atomic mass is 32.1. The van der Waals surface area contributed by atoms with E-state index in [1.807, 2.05) is 30.0 Å². The second kappa shape index (κ2) is 7.90. The van der Waals surface area contributed by atoms with Gasteiger partial charge in [-0.2, -0.15) is 0 Å². The predicted molar refractivity (Wildman–Crippen MR) is 98.2 cm³/mol. The summed E-state index contributed by atoms with van der Waals surface area (Å²) in [5.41, 5.74) is 3.10. The summed E-state index contributed by atoms with van der Waals surface area (Å²) in [5, 5.41) is 3.22. The van der Waals surface area contributed by atoms with E-state index in [4.69, 9.17) is 0 Å². The van der Waals surface area contributed by atoms with Crippen molar-refractivity contribution >= 4 is 17.2 Å². The van der Waals surface area contributed by atoms with Crippen molar-refractivity contribution in [1.82, 2.24) is 14.8 Å². The minimum absolute atomic E-state index is 0.175. The van der Waals surface area contributed by atoms with Gasteiger partial charge in [0.05, 0.1) is 10.7 Å². The maximum absolute atomic E-state index is 12.6. The predicted octanol–water partition coefficient (Wildman–Crippen LogP) is 3.71. The molecule has 0 saturated carbocycles. The minimum atomic E-state index is 0.175. The number of carbonyl (C=O) groups is 1. The quantitative estimate of drug-likeness (QED) is 0.830. The molecule has 0 aliphatic carbocycles. The Bertz CT molecular complexity index is 691. The zero-order valence-corrected chi connectivity index (χ0v) is 15.3. The van der Waals surface area contributed by atoms with E-state index in [1.165, 1.54) is 12.0 Å². The van der Waals surface area contributed by atoms with Gasteiger partial charge in [0, 0.05) is 37.1 Å². The summed E-state index contributed by atoms with van der Waals surface area (Å²) in [6.07, 6.45) is 3.49. The first-order valence-corrected chi connectivity index (χ1v) is 9.47.